The van der Waals surface area contributed by atoms with Gasteiger partial charge in [0.05, 0.1) is 32.7 Å². The third kappa shape index (κ3) is 6.43. The molecular weight excluding hydrogens is 432 g/mol. The van der Waals surface area contributed by atoms with Crippen LogP contribution in [0.4, 0.5) is 5.69 Å². The first-order valence-corrected chi connectivity index (χ1v) is 11.2. The Morgan fingerprint density at radius 3 is 2.40 bits per heavy atom. The van der Waals surface area contributed by atoms with Crippen LogP contribution in [0.2, 0.25) is 5.02 Å². The molecular formula is C20H25ClN2O6S. The minimum absolute atomic E-state index is 0.202. The lowest BCUT2D eigenvalue weighted by Crippen LogP contribution is -2.41. The van der Waals surface area contributed by atoms with Crippen molar-refractivity contribution in [3.63, 3.8) is 0 Å². The lowest BCUT2D eigenvalue weighted by atomic mass is 10.2. The van der Waals surface area contributed by atoms with E-state index in [1.54, 1.807) is 24.3 Å². The van der Waals surface area contributed by atoms with E-state index in [0.717, 1.165) is 16.1 Å². The van der Waals surface area contributed by atoms with Crippen molar-refractivity contribution in [1.29, 1.82) is 0 Å². The number of ether oxygens (including phenoxy) is 3. The number of halogens is 1. The van der Waals surface area contributed by atoms with Crippen LogP contribution in [-0.4, -0.2) is 54.5 Å². The van der Waals surface area contributed by atoms with Crippen molar-refractivity contribution in [2.24, 2.45) is 0 Å². The molecule has 0 aliphatic rings. The number of benzene rings is 2. The van der Waals surface area contributed by atoms with Gasteiger partial charge >= 0.3 is 0 Å². The fraction of sp³-hybridized carbons (Fsp3) is 0.350. The number of aryl methyl sites for hydroxylation is 1. The van der Waals surface area contributed by atoms with Gasteiger partial charge in [-0.15, -0.1) is 0 Å². The molecule has 0 aliphatic heterocycles. The first-order chi connectivity index (χ1) is 14.2. The van der Waals surface area contributed by atoms with Crippen molar-refractivity contribution in [2.75, 3.05) is 44.5 Å². The van der Waals surface area contributed by atoms with Gasteiger partial charge in [0.1, 0.15) is 18.9 Å². The van der Waals surface area contributed by atoms with E-state index in [1.165, 1.54) is 20.3 Å². The van der Waals surface area contributed by atoms with E-state index in [4.69, 9.17) is 25.8 Å². The standard InChI is InChI=1S/C20H25ClN2O6S/c1-14-5-7-16(12-17(14)21)29-10-9-22-20(24)13-23(30(4,25)26)15-6-8-18(27-2)19(11-15)28-3/h5-8,11-12H,9-10,13H2,1-4H3,(H,22,24). The fourth-order valence-corrected chi connectivity index (χ4v) is 3.61. The number of hydrogen-bond acceptors (Lipinski definition) is 6. The summed E-state index contributed by atoms with van der Waals surface area (Å²) in [5.41, 5.74) is 1.23. The van der Waals surface area contributed by atoms with E-state index in [0.29, 0.717) is 22.3 Å². The Hall–Kier alpha value is -2.65. The molecule has 8 nitrogen and oxygen atoms in total. The van der Waals surface area contributed by atoms with Gasteiger partial charge in [0.25, 0.3) is 0 Å². The molecule has 0 heterocycles. The van der Waals surface area contributed by atoms with Gasteiger partial charge in [0, 0.05) is 11.1 Å². The summed E-state index contributed by atoms with van der Waals surface area (Å²) in [6.07, 6.45) is 1.03. The van der Waals surface area contributed by atoms with Crippen molar-refractivity contribution in [1.82, 2.24) is 5.32 Å². The molecule has 164 valence electrons. The summed E-state index contributed by atoms with van der Waals surface area (Å²) in [6, 6.07) is 9.93. The molecule has 0 saturated carbocycles. The molecule has 0 aromatic heterocycles. The zero-order valence-electron chi connectivity index (χ0n) is 17.3. The van der Waals surface area contributed by atoms with Crippen LogP contribution in [0.25, 0.3) is 0 Å². The van der Waals surface area contributed by atoms with Crippen molar-refractivity contribution in [3.8, 4) is 17.2 Å². The topological polar surface area (TPSA) is 94.2 Å². The number of hydrogen-bond donors (Lipinski definition) is 1. The zero-order valence-corrected chi connectivity index (χ0v) is 18.8. The summed E-state index contributed by atoms with van der Waals surface area (Å²) in [6.45, 7) is 1.91. The average Bonchev–Trinajstić information content (AvgIpc) is 2.70. The summed E-state index contributed by atoms with van der Waals surface area (Å²) in [7, 11) is -0.787. The maximum absolute atomic E-state index is 12.3. The molecule has 0 bridgehead atoms. The molecule has 2 aromatic carbocycles. The van der Waals surface area contributed by atoms with Gasteiger partial charge in [0.15, 0.2) is 11.5 Å². The molecule has 2 aromatic rings. The zero-order chi connectivity index (χ0) is 22.3. The van der Waals surface area contributed by atoms with Crippen molar-refractivity contribution >= 4 is 33.2 Å². The second-order valence-electron chi connectivity index (χ2n) is 6.42. The second kappa shape index (κ2) is 10.4. The summed E-state index contributed by atoms with van der Waals surface area (Å²) in [4.78, 5) is 12.3. The lowest BCUT2D eigenvalue weighted by molar-refractivity contribution is -0.119. The van der Waals surface area contributed by atoms with Gasteiger partial charge in [-0.3, -0.25) is 9.10 Å². The summed E-state index contributed by atoms with van der Waals surface area (Å²) >= 11 is 6.05. The predicted octanol–water partition coefficient (Wildman–Crippen LogP) is 2.63. The van der Waals surface area contributed by atoms with Crippen LogP contribution in [0.3, 0.4) is 0 Å². The highest BCUT2D eigenvalue weighted by atomic mass is 35.5. The van der Waals surface area contributed by atoms with Gasteiger partial charge in [-0.1, -0.05) is 17.7 Å². The van der Waals surface area contributed by atoms with Crippen molar-refractivity contribution in [3.05, 3.63) is 47.0 Å². The molecule has 0 unspecified atom stereocenters. The highest BCUT2D eigenvalue weighted by Crippen LogP contribution is 2.32. The van der Waals surface area contributed by atoms with Crippen molar-refractivity contribution in [2.45, 2.75) is 6.92 Å². The van der Waals surface area contributed by atoms with Crippen LogP contribution in [0.1, 0.15) is 5.56 Å². The number of anilines is 1. The van der Waals surface area contributed by atoms with E-state index in [2.05, 4.69) is 5.32 Å². The Labute approximate surface area is 181 Å². The third-order valence-corrected chi connectivity index (χ3v) is 5.73. The molecule has 10 heteroatoms. The number of nitrogens with one attached hydrogen (secondary N) is 1. The summed E-state index contributed by atoms with van der Waals surface area (Å²) in [5.74, 6) is 0.922. The molecule has 0 spiro atoms. The molecule has 0 fully saturated rings. The predicted molar refractivity (Wildman–Crippen MR) is 116 cm³/mol. The number of carbonyl (C=O) groups is 1. The fourth-order valence-electron chi connectivity index (χ4n) is 2.59. The van der Waals surface area contributed by atoms with Gasteiger partial charge in [-0.05, 0) is 36.8 Å². The number of nitrogens with zero attached hydrogens (tertiary/aromatic N) is 1. The van der Waals surface area contributed by atoms with E-state index in [-0.39, 0.29) is 25.4 Å². The maximum atomic E-state index is 12.3. The minimum atomic E-state index is -3.71. The first kappa shape index (κ1) is 23.6. The van der Waals surface area contributed by atoms with Gasteiger partial charge in [-0.2, -0.15) is 0 Å². The van der Waals surface area contributed by atoms with Gasteiger partial charge < -0.3 is 19.5 Å². The number of carbonyl (C=O) groups excluding carboxylic acids is 1. The highest BCUT2D eigenvalue weighted by Gasteiger charge is 2.22. The average molecular weight is 457 g/mol. The van der Waals surface area contributed by atoms with Crippen LogP contribution in [0, 0.1) is 6.92 Å². The van der Waals surface area contributed by atoms with Gasteiger partial charge in [-0.25, -0.2) is 8.42 Å². The Morgan fingerprint density at radius 1 is 1.10 bits per heavy atom. The molecule has 0 atom stereocenters. The highest BCUT2D eigenvalue weighted by molar-refractivity contribution is 7.92. The number of methoxy groups -OCH3 is 2. The largest absolute Gasteiger partial charge is 0.493 e. The first-order valence-electron chi connectivity index (χ1n) is 9.01. The van der Waals surface area contributed by atoms with Crippen LogP contribution in [-0.2, 0) is 14.8 Å². The van der Waals surface area contributed by atoms with E-state index in [1.807, 2.05) is 13.0 Å². The Bertz CT molecular complexity index is 997. The normalized spacial score (nSPS) is 11.0. The van der Waals surface area contributed by atoms with Crippen LogP contribution in [0.5, 0.6) is 17.2 Å². The van der Waals surface area contributed by atoms with E-state index >= 15 is 0 Å². The summed E-state index contributed by atoms with van der Waals surface area (Å²) in [5, 5.41) is 3.24. The van der Waals surface area contributed by atoms with Crippen LogP contribution in [0.15, 0.2) is 36.4 Å². The molecule has 1 N–H and O–H groups in total. The molecule has 2 rings (SSSR count). The van der Waals surface area contributed by atoms with E-state index < -0.39 is 15.9 Å². The second-order valence-corrected chi connectivity index (χ2v) is 8.73. The van der Waals surface area contributed by atoms with E-state index in [9.17, 15) is 13.2 Å². The summed E-state index contributed by atoms with van der Waals surface area (Å²) < 4.78 is 41.4. The van der Waals surface area contributed by atoms with Crippen molar-refractivity contribution < 1.29 is 27.4 Å². The maximum Gasteiger partial charge on any atom is 0.240 e. The molecule has 0 aliphatic carbocycles. The Morgan fingerprint density at radius 2 is 1.80 bits per heavy atom. The number of rotatable bonds is 10. The third-order valence-electron chi connectivity index (χ3n) is 4.18. The Balaban J connectivity index is 1.98. The lowest BCUT2D eigenvalue weighted by Gasteiger charge is -2.23. The molecule has 0 radical (unpaired) electrons. The quantitative estimate of drug-likeness (QED) is 0.552. The van der Waals surface area contributed by atoms with Gasteiger partial charge in [0.2, 0.25) is 15.9 Å². The molecule has 30 heavy (non-hydrogen) atoms. The smallest absolute Gasteiger partial charge is 0.240 e. The minimum Gasteiger partial charge on any atom is -0.493 e. The Kier molecular flexibility index (Phi) is 8.19. The number of amides is 1. The van der Waals surface area contributed by atoms with Crippen LogP contribution < -0.4 is 23.8 Å². The van der Waals surface area contributed by atoms with Crippen LogP contribution >= 0.6 is 11.6 Å². The molecule has 1 amide bonds. The number of sulfonamides is 1. The molecule has 0 saturated heterocycles. The monoisotopic (exact) mass is 456 g/mol. The SMILES string of the molecule is COc1ccc(N(CC(=O)NCCOc2ccc(C)c(Cl)c2)S(C)(=O)=O)cc1OC.